The van der Waals surface area contributed by atoms with Crippen LogP contribution >= 0.6 is 0 Å². The zero-order chi connectivity index (χ0) is 27.4. The van der Waals surface area contributed by atoms with Crippen LogP contribution in [-0.4, -0.2) is 27.8 Å². The minimum Gasteiger partial charge on any atom is -0.459 e. The summed E-state index contributed by atoms with van der Waals surface area (Å²) in [5.41, 5.74) is 4.15. The first-order valence-corrected chi connectivity index (χ1v) is 12.7. The summed E-state index contributed by atoms with van der Waals surface area (Å²) in [5, 5.41) is 13.0. The summed E-state index contributed by atoms with van der Waals surface area (Å²) in [5.74, 6) is -1.00. The van der Waals surface area contributed by atoms with Crippen LogP contribution in [0.3, 0.4) is 0 Å². The molecule has 4 aromatic rings. The number of allylic oxidation sites excluding steroid dienone is 1. The minimum atomic E-state index is -0.719. The van der Waals surface area contributed by atoms with Gasteiger partial charge >= 0.3 is 0 Å². The smallest absolute Gasteiger partial charge is 0.286 e. The lowest BCUT2D eigenvalue weighted by molar-refractivity contribution is -0.150. The summed E-state index contributed by atoms with van der Waals surface area (Å²) in [6.07, 6.45) is 3.30. The Morgan fingerprint density at radius 1 is 1.03 bits per heavy atom. The van der Waals surface area contributed by atoms with E-state index in [1.54, 1.807) is 22.8 Å². The summed E-state index contributed by atoms with van der Waals surface area (Å²) < 4.78 is 27.0. The molecule has 200 valence electrons. The van der Waals surface area contributed by atoms with E-state index in [2.05, 4.69) is 5.32 Å². The highest BCUT2D eigenvalue weighted by Crippen LogP contribution is 2.36. The van der Waals surface area contributed by atoms with Crippen molar-refractivity contribution in [1.82, 2.24) is 9.88 Å². The van der Waals surface area contributed by atoms with Crippen molar-refractivity contribution in [2.75, 3.05) is 0 Å². The fourth-order valence-electron chi connectivity index (χ4n) is 4.70. The highest BCUT2D eigenvalue weighted by molar-refractivity contribution is 5.95. The number of rotatable bonds is 8. The lowest BCUT2D eigenvalue weighted by Gasteiger charge is -2.29. The van der Waals surface area contributed by atoms with Gasteiger partial charge in [0.15, 0.2) is 5.76 Å². The minimum absolute atomic E-state index is 0.0381. The number of halogens is 1. The highest BCUT2D eigenvalue weighted by Gasteiger charge is 2.31. The Labute approximate surface area is 225 Å². The molecule has 8 heteroatoms. The predicted octanol–water partition coefficient (Wildman–Crippen LogP) is 5.18. The van der Waals surface area contributed by atoms with E-state index in [0.29, 0.717) is 6.42 Å². The fourth-order valence-corrected chi connectivity index (χ4v) is 4.70. The number of benzene rings is 3. The van der Waals surface area contributed by atoms with Crippen LogP contribution in [0.4, 0.5) is 4.39 Å². The van der Waals surface area contributed by atoms with E-state index in [4.69, 9.17) is 9.47 Å². The maximum atomic E-state index is 13.3. The van der Waals surface area contributed by atoms with Crippen LogP contribution in [0.5, 0.6) is 0 Å². The van der Waals surface area contributed by atoms with E-state index in [1.165, 1.54) is 19.1 Å². The van der Waals surface area contributed by atoms with Crippen LogP contribution in [0.25, 0.3) is 10.9 Å². The van der Waals surface area contributed by atoms with Crippen molar-refractivity contribution in [2.24, 2.45) is 0 Å². The zero-order valence-electron chi connectivity index (χ0n) is 21.5. The Morgan fingerprint density at radius 3 is 2.44 bits per heavy atom. The molecule has 0 bridgehead atoms. The molecule has 2 atom stereocenters. The number of nitrogens with zero attached hydrogens (tertiary/aromatic N) is 1. The third kappa shape index (κ3) is 6.08. The Hall–Kier alpha value is -4.27. The number of carbonyl (C=O) groups excluding carboxylic acids is 2. The Bertz CT molecular complexity index is 1510. The molecule has 39 heavy (non-hydrogen) atoms. The summed E-state index contributed by atoms with van der Waals surface area (Å²) in [6, 6.07) is 21.0. The quantitative estimate of drug-likeness (QED) is 0.329. The molecule has 5 rings (SSSR count). The van der Waals surface area contributed by atoms with E-state index in [1.807, 2.05) is 54.7 Å². The summed E-state index contributed by atoms with van der Waals surface area (Å²) in [6.45, 7) is 1.93. The molecule has 2 heterocycles. The first kappa shape index (κ1) is 26.3. The normalized spacial score (nSPS) is 16.9. The van der Waals surface area contributed by atoms with E-state index in [9.17, 15) is 19.1 Å². The third-order valence-electron chi connectivity index (χ3n) is 6.77. The molecule has 1 aliphatic heterocycles. The number of aliphatic hydroxyl groups excluding tert-OH is 1. The van der Waals surface area contributed by atoms with E-state index < -0.39 is 12.2 Å². The standard InChI is InChI=1S/C31H29FN2O5/c1-20(36)34-17-27(26-4-2-3-5-28(26)34)24-14-29(31(37)33-16-21-10-12-25(32)13-11-21)39-30(15-24)38-19-23-8-6-22(18-35)7-9-23/h2-14,17,24,30,35H,15-16,18-19H2,1H3,(H,33,37)/t24-,30+/m1/s1. The van der Waals surface area contributed by atoms with Gasteiger partial charge in [-0.05, 0) is 46.5 Å². The number of hydrogen-bond acceptors (Lipinski definition) is 5. The van der Waals surface area contributed by atoms with Gasteiger partial charge in [0, 0.05) is 37.4 Å². The number of amides is 1. The lowest BCUT2D eigenvalue weighted by Crippen LogP contribution is -2.32. The largest absolute Gasteiger partial charge is 0.459 e. The number of ether oxygens (including phenoxy) is 2. The molecule has 0 fully saturated rings. The van der Waals surface area contributed by atoms with Crippen molar-refractivity contribution in [1.29, 1.82) is 0 Å². The molecular formula is C31H29FN2O5. The molecule has 3 aromatic carbocycles. The van der Waals surface area contributed by atoms with E-state index in [0.717, 1.165) is 33.2 Å². The number of para-hydroxylation sites is 1. The number of aliphatic hydroxyl groups is 1. The maximum absolute atomic E-state index is 13.3. The summed E-state index contributed by atoms with van der Waals surface area (Å²) >= 11 is 0. The van der Waals surface area contributed by atoms with Crippen molar-refractivity contribution in [3.05, 3.63) is 119 Å². The maximum Gasteiger partial charge on any atom is 0.286 e. The number of aromatic nitrogens is 1. The van der Waals surface area contributed by atoms with Gasteiger partial charge in [-0.2, -0.15) is 0 Å². The second kappa shape index (κ2) is 11.6. The third-order valence-corrected chi connectivity index (χ3v) is 6.77. The van der Waals surface area contributed by atoms with Crippen molar-refractivity contribution in [3.63, 3.8) is 0 Å². The van der Waals surface area contributed by atoms with Crippen LogP contribution in [0, 0.1) is 5.82 Å². The molecule has 2 N–H and O–H groups in total. The fraction of sp³-hybridized carbons (Fsp3) is 0.226. The van der Waals surface area contributed by atoms with Crippen molar-refractivity contribution in [2.45, 2.75) is 45.3 Å². The highest BCUT2D eigenvalue weighted by atomic mass is 19.1. The Kier molecular flexibility index (Phi) is 7.86. The second-order valence-electron chi connectivity index (χ2n) is 9.51. The Morgan fingerprint density at radius 2 is 1.72 bits per heavy atom. The molecule has 0 radical (unpaired) electrons. The second-order valence-corrected chi connectivity index (χ2v) is 9.51. The zero-order valence-corrected chi connectivity index (χ0v) is 21.5. The van der Waals surface area contributed by atoms with Gasteiger partial charge in [-0.15, -0.1) is 0 Å². The number of carbonyl (C=O) groups is 2. The molecule has 1 aromatic heterocycles. The molecule has 0 unspecified atom stereocenters. The monoisotopic (exact) mass is 528 g/mol. The van der Waals surface area contributed by atoms with Crippen LogP contribution < -0.4 is 5.32 Å². The molecule has 7 nitrogen and oxygen atoms in total. The van der Waals surface area contributed by atoms with Crippen LogP contribution in [0.2, 0.25) is 0 Å². The molecule has 0 saturated heterocycles. The van der Waals surface area contributed by atoms with Gasteiger partial charge < -0.3 is 19.9 Å². The number of nitrogens with one attached hydrogen (secondary N) is 1. The van der Waals surface area contributed by atoms with Crippen LogP contribution in [0.1, 0.15) is 46.3 Å². The van der Waals surface area contributed by atoms with Crippen molar-refractivity contribution in [3.8, 4) is 0 Å². The van der Waals surface area contributed by atoms with Gasteiger partial charge in [0.2, 0.25) is 12.2 Å². The van der Waals surface area contributed by atoms with Crippen molar-refractivity contribution < 1.29 is 28.6 Å². The van der Waals surface area contributed by atoms with Gasteiger partial charge in [0.25, 0.3) is 5.91 Å². The van der Waals surface area contributed by atoms with Gasteiger partial charge in [-0.3, -0.25) is 14.2 Å². The average Bonchev–Trinajstić information content (AvgIpc) is 3.36. The van der Waals surface area contributed by atoms with Crippen molar-refractivity contribution >= 4 is 22.7 Å². The first-order valence-electron chi connectivity index (χ1n) is 12.7. The van der Waals surface area contributed by atoms with Gasteiger partial charge in [-0.1, -0.05) is 54.6 Å². The summed E-state index contributed by atoms with van der Waals surface area (Å²) in [4.78, 5) is 25.5. The number of fused-ring (bicyclic) bond motifs is 1. The molecule has 0 spiro atoms. The van der Waals surface area contributed by atoms with Gasteiger partial charge in [0.1, 0.15) is 5.82 Å². The molecular weight excluding hydrogens is 499 g/mol. The average molecular weight is 529 g/mol. The van der Waals surface area contributed by atoms with Crippen LogP contribution in [0.15, 0.2) is 90.8 Å². The molecule has 0 saturated carbocycles. The Balaban J connectivity index is 1.40. The topological polar surface area (TPSA) is 89.8 Å². The molecule has 1 amide bonds. The summed E-state index contributed by atoms with van der Waals surface area (Å²) in [7, 11) is 0. The first-order chi connectivity index (χ1) is 18.9. The van der Waals surface area contributed by atoms with Gasteiger partial charge in [-0.25, -0.2) is 4.39 Å². The van der Waals surface area contributed by atoms with Crippen LogP contribution in [-0.2, 0) is 34.0 Å². The van der Waals surface area contributed by atoms with Gasteiger partial charge in [0.05, 0.1) is 18.7 Å². The van der Waals surface area contributed by atoms with E-state index in [-0.39, 0.29) is 43.2 Å². The van der Waals surface area contributed by atoms with E-state index >= 15 is 0 Å². The SMILES string of the molecule is CC(=O)n1cc([C@@H]2C=C(C(=O)NCc3ccc(F)cc3)O[C@H](OCc3ccc(CO)cc3)C2)c2ccccc21. The lowest BCUT2D eigenvalue weighted by atomic mass is 9.92. The predicted molar refractivity (Wildman–Crippen MR) is 144 cm³/mol. The molecule has 1 aliphatic rings. The number of hydrogen-bond donors (Lipinski definition) is 2. The molecule has 0 aliphatic carbocycles.